The second-order valence-corrected chi connectivity index (χ2v) is 7.15. The van der Waals surface area contributed by atoms with Gasteiger partial charge in [-0.2, -0.15) is 0 Å². The number of rotatable bonds is 5. The predicted molar refractivity (Wildman–Crippen MR) is 102 cm³/mol. The zero-order valence-corrected chi connectivity index (χ0v) is 15.3. The molecule has 2 aromatic heterocycles. The van der Waals surface area contributed by atoms with Crippen molar-refractivity contribution >= 4 is 16.9 Å². The van der Waals surface area contributed by atoms with E-state index in [1.165, 1.54) is 5.69 Å². The topological polar surface area (TPSA) is 50.4 Å². The number of furan rings is 1. The number of aryl methyl sites for hydroxylation is 1. The fourth-order valence-corrected chi connectivity index (χ4v) is 3.93. The fourth-order valence-electron chi connectivity index (χ4n) is 3.93. The highest BCUT2D eigenvalue weighted by Crippen LogP contribution is 2.31. The van der Waals surface area contributed by atoms with E-state index in [1.54, 1.807) is 0 Å². The molecule has 1 N–H and O–H groups in total. The summed E-state index contributed by atoms with van der Waals surface area (Å²) in [4.78, 5) is 14.9. The van der Waals surface area contributed by atoms with E-state index in [0.29, 0.717) is 12.6 Å². The number of aromatic nitrogens is 1. The van der Waals surface area contributed by atoms with Crippen molar-refractivity contribution in [1.82, 2.24) is 14.8 Å². The molecule has 5 heteroatoms. The van der Waals surface area contributed by atoms with Crippen molar-refractivity contribution in [2.45, 2.75) is 31.8 Å². The summed E-state index contributed by atoms with van der Waals surface area (Å²) in [5.41, 5.74) is 2.13. The van der Waals surface area contributed by atoms with E-state index in [4.69, 9.17) is 4.42 Å². The van der Waals surface area contributed by atoms with Crippen LogP contribution in [0.2, 0.25) is 0 Å². The first-order valence-corrected chi connectivity index (χ1v) is 9.25. The van der Waals surface area contributed by atoms with Gasteiger partial charge in [0, 0.05) is 24.3 Å². The van der Waals surface area contributed by atoms with Crippen LogP contribution in [-0.4, -0.2) is 28.5 Å². The van der Waals surface area contributed by atoms with Crippen molar-refractivity contribution in [1.29, 1.82) is 0 Å². The second kappa shape index (κ2) is 7.00. The van der Waals surface area contributed by atoms with Gasteiger partial charge in [-0.1, -0.05) is 18.2 Å². The van der Waals surface area contributed by atoms with Crippen LogP contribution in [0.5, 0.6) is 0 Å². The summed E-state index contributed by atoms with van der Waals surface area (Å²) in [7, 11) is 2.07. The lowest BCUT2D eigenvalue weighted by Gasteiger charge is -2.25. The fraction of sp³-hybridized carbons (Fsp3) is 0.381. The maximum absolute atomic E-state index is 12.6. The quantitative estimate of drug-likeness (QED) is 0.761. The molecule has 3 aromatic rings. The monoisotopic (exact) mass is 351 g/mol. The molecule has 26 heavy (non-hydrogen) atoms. The number of para-hydroxylation sites is 1. The first-order valence-electron chi connectivity index (χ1n) is 9.25. The minimum absolute atomic E-state index is 0.0408. The normalized spacial score (nSPS) is 19.1. The Kier molecular flexibility index (Phi) is 4.55. The van der Waals surface area contributed by atoms with Crippen molar-refractivity contribution in [3.8, 4) is 0 Å². The molecule has 1 aliphatic heterocycles. The van der Waals surface area contributed by atoms with Crippen LogP contribution in [0.15, 0.2) is 53.1 Å². The van der Waals surface area contributed by atoms with Crippen molar-refractivity contribution in [2.75, 3.05) is 13.1 Å². The van der Waals surface area contributed by atoms with Gasteiger partial charge in [-0.15, -0.1) is 0 Å². The zero-order chi connectivity index (χ0) is 18.1. The molecule has 2 atom stereocenters. The highest BCUT2D eigenvalue weighted by molar-refractivity contribution is 5.80. The first kappa shape index (κ1) is 16.9. The molecule has 136 valence electrons. The van der Waals surface area contributed by atoms with E-state index in [1.807, 2.05) is 37.3 Å². The number of nitrogens with one attached hydrogen (secondary N) is 1. The Balaban J connectivity index is 1.40. The number of likely N-dealkylation sites (tertiary alicyclic amines) is 1. The molecule has 3 heterocycles. The van der Waals surface area contributed by atoms with Crippen molar-refractivity contribution in [3.63, 3.8) is 0 Å². The van der Waals surface area contributed by atoms with Gasteiger partial charge in [0.05, 0.1) is 18.6 Å². The van der Waals surface area contributed by atoms with Gasteiger partial charge < -0.3 is 14.3 Å². The molecular weight excluding hydrogens is 326 g/mol. The minimum atomic E-state index is -0.147. The summed E-state index contributed by atoms with van der Waals surface area (Å²) in [6, 6.07) is 14.3. The van der Waals surface area contributed by atoms with Crippen LogP contribution < -0.4 is 5.32 Å². The maximum atomic E-state index is 12.6. The number of fused-ring (bicyclic) bond motifs is 1. The van der Waals surface area contributed by atoms with Gasteiger partial charge in [-0.05, 0) is 50.6 Å². The molecule has 1 aromatic carbocycles. The summed E-state index contributed by atoms with van der Waals surface area (Å²) in [5, 5.41) is 4.15. The van der Waals surface area contributed by atoms with Crippen LogP contribution in [0.1, 0.15) is 43.3 Å². The van der Waals surface area contributed by atoms with Gasteiger partial charge >= 0.3 is 0 Å². The van der Waals surface area contributed by atoms with Gasteiger partial charge in [0.2, 0.25) is 5.91 Å². The second-order valence-electron chi connectivity index (χ2n) is 7.15. The van der Waals surface area contributed by atoms with E-state index in [-0.39, 0.29) is 11.9 Å². The maximum Gasteiger partial charge on any atom is 0.234 e. The number of hydrogen-bond donors (Lipinski definition) is 1. The predicted octanol–water partition coefficient (Wildman–Crippen LogP) is 3.79. The molecule has 1 fully saturated rings. The molecule has 0 saturated carbocycles. The Bertz CT molecular complexity index is 878. The van der Waals surface area contributed by atoms with Gasteiger partial charge in [-0.25, -0.2) is 0 Å². The van der Waals surface area contributed by atoms with E-state index in [9.17, 15) is 4.79 Å². The van der Waals surface area contributed by atoms with E-state index in [0.717, 1.165) is 36.1 Å². The van der Waals surface area contributed by atoms with Crippen molar-refractivity contribution in [2.24, 2.45) is 7.05 Å². The summed E-state index contributed by atoms with van der Waals surface area (Å²) >= 11 is 0. The SMILES string of the molecule is C[C@@H](NC(=O)CN1CCC[C@H]1c1cccn1C)c1cc2ccccc2o1. The van der Waals surface area contributed by atoms with Crippen LogP contribution >= 0.6 is 0 Å². The number of carbonyl (C=O) groups is 1. The number of carbonyl (C=O) groups excluding carboxylic acids is 1. The molecule has 1 aliphatic rings. The summed E-state index contributed by atoms with van der Waals surface area (Å²) in [5.74, 6) is 0.832. The molecule has 0 radical (unpaired) electrons. The van der Waals surface area contributed by atoms with Crippen LogP contribution in [-0.2, 0) is 11.8 Å². The summed E-state index contributed by atoms with van der Waals surface area (Å²) in [6.45, 7) is 3.34. The van der Waals surface area contributed by atoms with Gasteiger partial charge in [0.1, 0.15) is 11.3 Å². The van der Waals surface area contributed by atoms with Crippen LogP contribution in [0.3, 0.4) is 0 Å². The van der Waals surface area contributed by atoms with E-state index < -0.39 is 0 Å². The number of hydrogen-bond acceptors (Lipinski definition) is 3. The summed E-state index contributed by atoms with van der Waals surface area (Å²) < 4.78 is 8.02. The van der Waals surface area contributed by atoms with Crippen LogP contribution in [0, 0.1) is 0 Å². The average molecular weight is 351 g/mol. The molecule has 1 amide bonds. The largest absolute Gasteiger partial charge is 0.459 e. The number of amides is 1. The molecule has 5 nitrogen and oxygen atoms in total. The van der Waals surface area contributed by atoms with E-state index in [2.05, 4.69) is 40.2 Å². The van der Waals surface area contributed by atoms with Crippen LogP contribution in [0.25, 0.3) is 11.0 Å². The molecule has 4 rings (SSSR count). The lowest BCUT2D eigenvalue weighted by Crippen LogP contribution is -2.38. The molecule has 1 saturated heterocycles. The molecule has 0 bridgehead atoms. The Morgan fingerprint density at radius 1 is 1.31 bits per heavy atom. The highest BCUT2D eigenvalue weighted by Gasteiger charge is 2.29. The molecule has 0 aliphatic carbocycles. The van der Waals surface area contributed by atoms with Gasteiger partial charge in [0.15, 0.2) is 0 Å². The average Bonchev–Trinajstić information content (AvgIpc) is 3.33. The first-order chi connectivity index (χ1) is 12.6. The third-order valence-electron chi connectivity index (χ3n) is 5.28. The standard InChI is InChI=1S/C21H25N3O2/c1-15(20-13-16-7-3-4-10-19(16)26-20)22-21(25)14-24-12-6-9-18(24)17-8-5-11-23(17)2/h3-5,7-8,10-11,13,15,18H,6,9,12,14H2,1-2H3,(H,22,25)/t15-,18+/m1/s1. The summed E-state index contributed by atoms with van der Waals surface area (Å²) in [6.07, 6.45) is 4.29. The molecular formula is C21H25N3O2. The Hall–Kier alpha value is -2.53. The van der Waals surface area contributed by atoms with Crippen molar-refractivity contribution in [3.05, 3.63) is 60.1 Å². The number of benzene rings is 1. The van der Waals surface area contributed by atoms with Gasteiger partial charge in [0.25, 0.3) is 0 Å². The van der Waals surface area contributed by atoms with Crippen LogP contribution in [0.4, 0.5) is 0 Å². The number of nitrogens with zero attached hydrogens (tertiary/aromatic N) is 2. The molecule has 0 unspecified atom stereocenters. The molecule has 0 spiro atoms. The van der Waals surface area contributed by atoms with Gasteiger partial charge in [-0.3, -0.25) is 9.69 Å². The lowest BCUT2D eigenvalue weighted by molar-refractivity contribution is -0.123. The third-order valence-corrected chi connectivity index (χ3v) is 5.28. The van der Waals surface area contributed by atoms with E-state index >= 15 is 0 Å². The Morgan fingerprint density at radius 2 is 2.15 bits per heavy atom. The lowest BCUT2D eigenvalue weighted by atomic mass is 10.1. The Morgan fingerprint density at radius 3 is 2.92 bits per heavy atom. The highest BCUT2D eigenvalue weighted by atomic mass is 16.3. The smallest absolute Gasteiger partial charge is 0.234 e. The minimum Gasteiger partial charge on any atom is -0.459 e. The van der Waals surface area contributed by atoms with Crippen molar-refractivity contribution < 1.29 is 9.21 Å². The third kappa shape index (κ3) is 3.27. The Labute approximate surface area is 153 Å². The zero-order valence-electron chi connectivity index (χ0n) is 15.3.